The maximum absolute atomic E-state index is 12.1. The van der Waals surface area contributed by atoms with Crippen molar-refractivity contribution in [1.82, 2.24) is 4.98 Å². The molecule has 2 N–H and O–H groups in total. The molecule has 0 fully saturated rings. The van der Waals surface area contributed by atoms with Crippen LogP contribution < -0.4 is 10.0 Å². The zero-order valence-electron chi connectivity index (χ0n) is 13.1. The molecule has 0 unspecified atom stereocenters. The molecule has 0 spiro atoms. The first-order chi connectivity index (χ1) is 11.5. The van der Waals surface area contributed by atoms with Crippen molar-refractivity contribution in [2.24, 2.45) is 0 Å². The third kappa shape index (κ3) is 3.93. The molecule has 3 rings (SSSR count). The molecule has 0 atom stereocenters. The van der Waals surface area contributed by atoms with Gasteiger partial charge in [0, 0.05) is 6.54 Å². The van der Waals surface area contributed by atoms with Crippen LogP contribution in [-0.2, 0) is 16.6 Å². The van der Waals surface area contributed by atoms with Crippen LogP contribution in [0.25, 0.3) is 0 Å². The summed E-state index contributed by atoms with van der Waals surface area (Å²) >= 11 is 1.17. The second kappa shape index (κ2) is 7.02. The lowest BCUT2D eigenvalue weighted by Crippen LogP contribution is -2.12. The molecule has 24 heavy (non-hydrogen) atoms. The van der Waals surface area contributed by atoms with Gasteiger partial charge < -0.3 is 5.32 Å². The van der Waals surface area contributed by atoms with Gasteiger partial charge in [-0.15, -0.1) is 11.3 Å². The number of hydrogen-bond acceptors (Lipinski definition) is 5. The molecule has 124 valence electrons. The van der Waals surface area contributed by atoms with Gasteiger partial charge in [0.15, 0.2) is 0 Å². The Morgan fingerprint density at radius 2 is 1.92 bits per heavy atom. The van der Waals surface area contributed by atoms with Crippen LogP contribution in [0.2, 0.25) is 0 Å². The minimum atomic E-state index is -3.56. The first-order valence-electron chi connectivity index (χ1n) is 7.35. The highest BCUT2D eigenvalue weighted by Crippen LogP contribution is 2.20. The number of benzene rings is 1. The topological polar surface area (TPSA) is 71.1 Å². The van der Waals surface area contributed by atoms with E-state index in [-0.39, 0.29) is 4.21 Å². The van der Waals surface area contributed by atoms with E-state index in [4.69, 9.17) is 0 Å². The quantitative estimate of drug-likeness (QED) is 0.701. The van der Waals surface area contributed by atoms with Gasteiger partial charge >= 0.3 is 0 Å². The molecule has 1 aromatic carbocycles. The summed E-state index contributed by atoms with van der Waals surface area (Å²) in [7, 11) is -3.56. The first-order valence-corrected chi connectivity index (χ1v) is 9.72. The fourth-order valence-electron chi connectivity index (χ4n) is 2.17. The Labute approximate surface area is 145 Å². The molecule has 0 aliphatic rings. The SMILES string of the molecule is Cc1ccccc1CNc1ccc(NS(=O)(=O)c2cccs2)nc1. The Balaban J connectivity index is 1.65. The predicted octanol–water partition coefficient (Wildman–Crippen LogP) is 3.86. The molecular weight excluding hydrogens is 342 g/mol. The molecule has 2 heterocycles. The normalized spacial score (nSPS) is 11.2. The van der Waals surface area contributed by atoms with Crippen LogP contribution >= 0.6 is 11.3 Å². The smallest absolute Gasteiger partial charge is 0.272 e. The van der Waals surface area contributed by atoms with Gasteiger partial charge in [-0.25, -0.2) is 13.4 Å². The van der Waals surface area contributed by atoms with Gasteiger partial charge in [0.25, 0.3) is 10.0 Å². The van der Waals surface area contributed by atoms with Gasteiger partial charge in [0.05, 0.1) is 11.9 Å². The minimum Gasteiger partial charge on any atom is -0.380 e. The molecule has 0 aliphatic carbocycles. The van der Waals surface area contributed by atoms with Crippen LogP contribution in [-0.4, -0.2) is 13.4 Å². The maximum atomic E-state index is 12.1. The lowest BCUT2D eigenvalue weighted by molar-refractivity contribution is 0.603. The molecule has 0 aliphatic heterocycles. The fraction of sp³-hybridized carbons (Fsp3) is 0.118. The van der Waals surface area contributed by atoms with E-state index in [9.17, 15) is 8.42 Å². The van der Waals surface area contributed by atoms with E-state index in [1.165, 1.54) is 22.5 Å². The number of nitrogens with zero attached hydrogens (tertiary/aromatic N) is 1. The molecule has 0 saturated carbocycles. The van der Waals surface area contributed by atoms with E-state index in [2.05, 4.69) is 34.1 Å². The van der Waals surface area contributed by atoms with Crippen LogP contribution in [0, 0.1) is 6.92 Å². The van der Waals surface area contributed by atoms with Crippen molar-refractivity contribution in [2.45, 2.75) is 17.7 Å². The highest BCUT2D eigenvalue weighted by molar-refractivity contribution is 7.94. The summed E-state index contributed by atoms with van der Waals surface area (Å²) in [6.07, 6.45) is 1.62. The number of hydrogen-bond donors (Lipinski definition) is 2. The summed E-state index contributed by atoms with van der Waals surface area (Å²) in [5.41, 5.74) is 3.26. The number of aromatic nitrogens is 1. The van der Waals surface area contributed by atoms with Crippen molar-refractivity contribution >= 4 is 32.9 Å². The second-order valence-electron chi connectivity index (χ2n) is 5.25. The van der Waals surface area contributed by atoms with E-state index in [0.717, 1.165) is 5.69 Å². The van der Waals surface area contributed by atoms with Crippen LogP contribution in [0.3, 0.4) is 0 Å². The van der Waals surface area contributed by atoms with Gasteiger partial charge in [-0.3, -0.25) is 4.72 Å². The molecule has 2 aromatic heterocycles. The lowest BCUT2D eigenvalue weighted by Gasteiger charge is -2.10. The van der Waals surface area contributed by atoms with Gasteiger partial charge in [-0.05, 0) is 41.6 Å². The van der Waals surface area contributed by atoms with Crippen LogP contribution in [0.1, 0.15) is 11.1 Å². The average Bonchev–Trinajstić information content (AvgIpc) is 3.11. The van der Waals surface area contributed by atoms with E-state index in [1.54, 1.807) is 35.8 Å². The number of sulfonamides is 1. The van der Waals surface area contributed by atoms with Crippen molar-refractivity contribution in [3.05, 3.63) is 71.2 Å². The Kier molecular flexibility index (Phi) is 4.82. The number of thiophene rings is 1. The zero-order valence-corrected chi connectivity index (χ0v) is 14.7. The van der Waals surface area contributed by atoms with E-state index in [1.807, 2.05) is 12.1 Å². The average molecular weight is 359 g/mol. The van der Waals surface area contributed by atoms with E-state index in [0.29, 0.717) is 12.4 Å². The summed E-state index contributed by atoms with van der Waals surface area (Å²) in [6.45, 7) is 2.76. The van der Waals surface area contributed by atoms with Gasteiger partial charge in [0.1, 0.15) is 10.0 Å². The van der Waals surface area contributed by atoms with Crippen molar-refractivity contribution in [3.8, 4) is 0 Å². The standard InChI is InChI=1S/C17H17N3O2S2/c1-13-5-2-3-6-14(13)11-18-15-8-9-16(19-12-15)20-24(21,22)17-7-4-10-23-17/h2-10,12,18H,11H2,1H3,(H,19,20). The highest BCUT2D eigenvalue weighted by Gasteiger charge is 2.15. The van der Waals surface area contributed by atoms with Crippen LogP contribution in [0.15, 0.2) is 64.3 Å². The number of anilines is 2. The summed E-state index contributed by atoms with van der Waals surface area (Å²) in [5.74, 6) is 0.296. The molecule has 0 radical (unpaired) electrons. The van der Waals surface area contributed by atoms with Gasteiger partial charge in [-0.2, -0.15) is 0 Å². The summed E-state index contributed by atoms with van der Waals surface area (Å²) < 4.78 is 27.0. The van der Waals surface area contributed by atoms with Gasteiger partial charge in [-0.1, -0.05) is 30.3 Å². The number of nitrogens with one attached hydrogen (secondary N) is 2. The highest BCUT2D eigenvalue weighted by atomic mass is 32.2. The summed E-state index contributed by atoms with van der Waals surface area (Å²) in [5, 5.41) is 5.00. The van der Waals surface area contributed by atoms with Crippen molar-refractivity contribution in [1.29, 1.82) is 0 Å². The third-order valence-electron chi connectivity index (χ3n) is 3.51. The Morgan fingerprint density at radius 1 is 1.08 bits per heavy atom. The first kappa shape index (κ1) is 16.5. The van der Waals surface area contributed by atoms with Crippen molar-refractivity contribution in [3.63, 3.8) is 0 Å². The molecule has 7 heteroatoms. The van der Waals surface area contributed by atoms with Crippen molar-refractivity contribution in [2.75, 3.05) is 10.0 Å². The monoisotopic (exact) mass is 359 g/mol. The molecular formula is C17H17N3O2S2. The number of aryl methyl sites for hydroxylation is 1. The molecule has 3 aromatic rings. The molecule has 0 amide bonds. The number of rotatable bonds is 6. The summed E-state index contributed by atoms with van der Waals surface area (Å²) in [4.78, 5) is 4.16. The summed E-state index contributed by atoms with van der Waals surface area (Å²) in [6, 6.07) is 14.9. The zero-order chi connectivity index (χ0) is 17.0. The van der Waals surface area contributed by atoms with Crippen LogP contribution in [0.4, 0.5) is 11.5 Å². The van der Waals surface area contributed by atoms with E-state index >= 15 is 0 Å². The fourth-order valence-corrected chi connectivity index (χ4v) is 4.17. The molecule has 5 nitrogen and oxygen atoms in total. The van der Waals surface area contributed by atoms with Crippen molar-refractivity contribution < 1.29 is 8.42 Å². The minimum absolute atomic E-state index is 0.269. The van der Waals surface area contributed by atoms with Gasteiger partial charge in [0.2, 0.25) is 0 Å². The third-order valence-corrected chi connectivity index (χ3v) is 6.26. The largest absolute Gasteiger partial charge is 0.380 e. The molecule has 0 saturated heterocycles. The lowest BCUT2D eigenvalue weighted by atomic mass is 10.1. The second-order valence-corrected chi connectivity index (χ2v) is 8.11. The molecule has 0 bridgehead atoms. The maximum Gasteiger partial charge on any atom is 0.272 e. The Hall–Kier alpha value is -2.38. The Bertz CT molecular complexity index is 905. The number of pyridine rings is 1. The van der Waals surface area contributed by atoms with E-state index < -0.39 is 10.0 Å². The predicted molar refractivity (Wildman–Crippen MR) is 97.9 cm³/mol. The van der Waals surface area contributed by atoms with Crippen LogP contribution in [0.5, 0.6) is 0 Å². The Morgan fingerprint density at radius 3 is 2.58 bits per heavy atom.